The molecule has 4 nitrogen and oxygen atoms in total. The Morgan fingerprint density at radius 1 is 1.23 bits per heavy atom. The summed E-state index contributed by atoms with van der Waals surface area (Å²) in [6.45, 7) is 4.57. The highest BCUT2D eigenvalue weighted by Gasteiger charge is 2.15. The Hall–Kier alpha value is -2.23. The fraction of sp³-hybridized carbons (Fsp3) is 0.389. The topological polar surface area (TPSA) is 48.1 Å². The van der Waals surface area contributed by atoms with Gasteiger partial charge < -0.3 is 15.2 Å². The molecular weight excluding hydrogens is 274 g/mol. The third-order valence-electron chi connectivity index (χ3n) is 4.31. The molecule has 1 aliphatic heterocycles. The number of nitrogens with one attached hydrogen (secondary N) is 2. The molecule has 2 aromatic rings. The van der Waals surface area contributed by atoms with Gasteiger partial charge in [-0.3, -0.25) is 4.79 Å². The van der Waals surface area contributed by atoms with Crippen molar-refractivity contribution in [3.05, 3.63) is 48.3 Å². The van der Waals surface area contributed by atoms with Crippen LogP contribution in [0.3, 0.4) is 0 Å². The van der Waals surface area contributed by atoms with E-state index < -0.39 is 0 Å². The molecule has 1 aromatic heterocycles. The Morgan fingerprint density at radius 2 is 1.95 bits per heavy atom. The molecule has 1 aromatic carbocycles. The smallest absolute Gasteiger partial charge is 0.230 e. The average Bonchev–Trinajstić information content (AvgIpc) is 3.02. The number of piperidine rings is 1. The molecule has 0 unspecified atom stereocenters. The van der Waals surface area contributed by atoms with Crippen molar-refractivity contribution in [1.82, 2.24) is 4.98 Å². The molecule has 1 aliphatic rings. The maximum absolute atomic E-state index is 12.0. The first kappa shape index (κ1) is 14.7. The first-order valence-electron chi connectivity index (χ1n) is 7.98. The molecule has 0 atom stereocenters. The van der Waals surface area contributed by atoms with Crippen LogP contribution >= 0.6 is 0 Å². The van der Waals surface area contributed by atoms with Crippen molar-refractivity contribution in [3.8, 4) is 0 Å². The Labute approximate surface area is 131 Å². The van der Waals surface area contributed by atoms with Gasteiger partial charge in [-0.05, 0) is 55.2 Å². The molecular formula is C18H23N3O. The second-order valence-electron chi connectivity index (χ2n) is 6.14. The lowest BCUT2D eigenvalue weighted by atomic mass is 9.99. The summed E-state index contributed by atoms with van der Waals surface area (Å²) in [6, 6.07) is 12.0. The summed E-state index contributed by atoms with van der Waals surface area (Å²) in [6.07, 6.45) is 4.72. The minimum absolute atomic E-state index is 0.00185. The Balaban J connectivity index is 1.56. The maximum Gasteiger partial charge on any atom is 0.230 e. The van der Waals surface area contributed by atoms with Gasteiger partial charge in [0, 0.05) is 36.4 Å². The van der Waals surface area contributed by atoms with E-state index in [4.69, 9.17) is 0 Å². The zero-order chi connectivity index (χ0) is 15.4. The van der Waals surface area contributed by atoms with Crippen LogP contribution in [0.2, 0.25) is 0 Å². The summed E-state index contributed by atoms with van der Waals surface area (Å²) in [4.78, 5) is 17.4. The molecule has 22 heavy (non-hydrogen) atoms. The second-order valence-corrected chi connectivity index (χ2v) is 6.14. The van der Waals surface area contributed by atoms with Crippen LogP contribution in [0, 0.1) is 5.92 Å². The number of rotatable bonds is 4. The van der Waals surface area contributed by atoms with Gasteiger partial charge in [0.05, 0.1) is 6.42 Å². The molecule has 0 saturated carbocycles. The van der Waals surface area contributed by atoms with Gasteiger partial charge in [0.1, 0.15) is 0 Å². The van der Waals surface area contributed by atoms with Crippen molar-refractivity contribution in [2.24, 2.45) is 5.92 Å². The van der Waals surface area contributed by atoms with Crippen LogP contribution in [0.15, 0.2) is 42.6 Å². The SMILES string of the molecule is CC1CCN(c2ccc(NC(=O)Cc3ccc[nH]3)cc2)CC1. The third-order valence-corrected chi connectivity index (χ3v) is 4.31. The van der Waals surface area contributed by atoms with Gasteiger partial charge in [0.25, 0.3) is 0 Å². The van der Waals surface area contributed by atoms with Crippen LogP contribution in [-0.2, 0) is 11.2 Å². The van der Waals surface area contributed by atoms with Gasteiger partial charge in [-0.25, -0.2) is 0 Å². The number of hydrogen-bond acceptors (Lipinski definition) is 2. The molecule has 2 heterocycles. The first-order valence-corrected chi connectivity index (χ1v) is 7.98. The monoisotopic (exact) mass is 297 g/mol. The lowest BCUT2D eigenvalue weighted by Gasteiger charge is -2.32. The number of H-pyrrole nitrogens is 1. The number of nitrogens with zero attached hydrogens (tertiary/aromatic N) is 1. The maximum atomic E-state index is 12.0. The second kappa shape index (κ2) is 6.69. The minimum Gasteiger partial charge on any atom is -0.372 e. The van der Waals surface area contributed by atoms with Gasteiger partial charge in [-0.1, -0.05) is 6.92 Å². The van der Waals surface area contributed by atoms with E-state index in [1.807, 2.05) is 30.5 Å². The predicted octanol–water partition coefficient (Wildman–Crippen LogP) is 3.43. The van der Waals surface area contributed by atoms with Crippen LogP contribution in [0.1, 0.15) is 25.5 Å². The van der Waals surface area contributed by atoms with Crippen molar-refractivity contribution in [2.75, 3.05) is 23.3 Å². The molecule has 3 rings (SSSR count). The van der Waals surface area contributed by atoms with Crippen LogP contribution in [0.5, 0.6) is 0 Å². The number of hydrogen-bond donors (Lipinski definition) is 2. The van der Waals surface area contributed by atoms with E-state index in [1.165, 1.54) is 18.5 Å². The van der Waals surface area contributed by atoms with E-state index >= 15 is 0 Å². The van der Waals surface area contributed by atoms with Crippen LogP contribution in [-0.4, -0.2) is 24.0 Å². The van der Waals surface area contributed by atoms with Crippen LogP contribution in [0.4, 0.5) is 11.4 Å². The number of carbonyl (C=O) groups excluding carboxylic acids is 1. The quantitative estimate of drug-likeness (QED) is 0.908. The van der Waals surface area contributed by atoms with E-state index in [-0.39, 0.29) is 5.91 Å². The normalized spacial score (nSPS) is 15.8. The molecule has 2 N–H and O–H groups in total. The summed E-state index contributed by atoms with van der Waals surface area (Å²) in [5.74, 6) is 0.838. The van der Waals surface area contributed by atoms with Gasteiger partial charge in [-0.15, -0.1) is 0 Å². The fourth-order valence-corrected chi connectivity index (χ4v) is 2.88. The van der Waals surface area contributed by atoms with Crippen molar-refractivity contribution in [2.45, 2.75) is 26.2 Å². The molecule has 1 amide bonds. The predicted molar refractivity (Wildman–Crippen MR) is 90.2 cm³/mol. The molecule has 4 heteroatoms. The van der Waals surface area contributed by atoms with Gasteiger partial charge in [-0.2, -0.15) is 0 Å². The van der Waals surface area contributed by atoms with E-state index in [1.54, 1.807) is 0 Å². The van der Waals surface area contributed by atoms with E-state index in [0.29, 0.717) is 6.42 Å². The van der Waals surface area contributed by atoms with E-state index in [9.17, 15) is 4.79 Å². The largest absolute Gasteiger partial charge is 0.372 e. The summed E-state index contributed by atoms with van der Waals surface area (Å²) in [5.41, 5.74) is 3.02. The molecule has 1 saturated heterocycles. The number of anilines is 2. The molecule has 0 aliphatic carbocycles. The van der Waals surface area contributed by atoms with Gasteiger partial charge in [0.2, 0.25) is 5.91 Å². The third kappa shape index (κ3) is 3.70. The zero-order valence-electron chi connectivity index (χ0n) is 13.0. The summed E-state index contributed by atoms with van der Waals surface area (Å²) >= 11 is 0. The molecule has 116 valence electrons. The number of aromatic nitrogens is 1. The standard InChI is InChI=1S/C18H23N3O/c1-14-8-11-21(12-9-14)17-6-4-15(5-7-17)20-18(22)13-16-3-2-10-19-16/h2-7,10,14,19H,8-9,11-13H2,1H3,(H,20,22). The minimum atomic E-state index is 0.00185. The van der Waals surface area contributed by atoms with Crippen LogP contribution < -0.4 is 10.2 Å². The van der Waals surface area contributed by atoms with Gasteiger partial charge >= 0.3 is 0 Å². The van der Waals surface area contributed by atoms with Gasteiger partial charge in [0.15, 0.2) is 0 Å². The van der Waals surface area contributed by atoms with Crippen molar-refractivity contribution in [1.29, 1.82) is 0 Å². The number of carbonyl (C=O) groups is 1. The Bertz CT molecular complexity index is 596. The Morgan fingerprint density at radius 3 is 2.59 bits per heavy atom. The lowest BCUT2D eigenvalue weighted by Crippen LogP contribution is -2.32. The highest BCUT2D eigenvalue weighted by atomic mass is 16.1. The molecule has 0 bridgehead atoms. The van der Waals surface area contributed by atoms with E-state index in [0.717, 1.165) is 30.4 Å². The first-order chi connectivity index (χ1) is 10.7. The zero-order valence-corrected chi connectivity index (χ0v) is 13.0. The molecule has 1 fully saturated rings. The average molecular weight is 297 g/mol. The summed E-state index contributed by atoms with van der Waals surface area (Å²) < 4.78 is 0. The number of benzene rings is 1. The highest BCUT2D eigenvalue weighted by Crippen LogP contribution is 2.24. The van der Waals surface area contributed by atoms with E-state index in [2.05, 4.69) is 34.3 Å². The lowest BCUT2D eigenvalue weighted by molar-refractivity contribution is -0.115. The number of amides is 1. The number of aromatic amines is 1. The van der Waals surface area contributed by atoms with Crippen molar-refractivity contribution >= 4 is 17.3 Å². The molecule has 0 spiro atoms. The summed E-state index contributed by atoms with van der Waals surface area (Å²) in [7, 11) is 0. The fourth-order valence-electron chi connectivity index (χ4n) is 2.88. The van der Waals surface area contributed by atoms with Crippen molar-refractivity contribution < 1.29 is 4.79 Å². The van der Waals surface area contributed by atoms with Crippen molar-refractivity contribution in [3.63, 3.8) is 0 Å². The molecule has 0 radical (unpaired) electrons. The Kier molecular flexibility index (Phi) is 4.47. The summed E-state index contributed by atoms with van der Waals surface area (Å²) in [5, 5.41) is 2.94. The highest BCUT2D eigenvalue weighted by molar-refractivity contribution is 5.92. The van der Waals surface area contributed by atoms with Crippen LogP contribution in [0.25, 0.3) is 0 Å².